The van der Waals surface area contributed by atoms with Gasteiger partial charge in [0.25, 0.3) is 0 Å². The summed E-state index contributed by atoms with van der Waals surface area (Å²) in [6, 6.07) is 11.8. The second-order valence-electron chi connectivity index (χ2n) is 6.59. The average molecular weight is 337 g/mol. The first kappa shape index (κ1) is 17.1. The lowest BCUT2D eigenvalue weighted by Gasteiger charge is -2.40. The van der Waals surface area contributed by atoms with Gasteiger partial charge in [-0.25, -0.2) is 9.97 Å². The number of hydrogen-bond acceptors (Lipinski definition) is 4. The molecule has 5 nitrogen and oxygen atoms in total. The first-order valence-corrected chi connectivity index (χ1v) is 8.59. The fourth-order valence-corrected chi connectivity index (χ4v) is 3.36. The van der Waals surface area contributed by atoms with Gasteiger partial charge in [0.2, 0.25) is 0 Å². The molecule has 1 fully saturated rings. The van der Waals surface area contributed by atoms with Crippen molar-refractivity contribution in [2.75, 3.05) is 18.0 Å². The number of benzene rings is 1. The van der Waals surface area contributed by atoms with Crippen molar-refractivity contribution < 1.29 is 9.90 Å². The second-order valence-corrected chi connectivity index (χ2v) is 6.59. The van der Waals surface area contributed by atoms with E-state index in [0.29, 0.717) is 25.2 Å². The van der Waals surface area contributed by atoms with Crippen LogP contribution >= 0.6 is 0 Å². The molecule has 1 N–H and O–H groups in total. The molecular weight excluding hydrogens is 314 g/mol. The smallest absolute Gasteiger partial charge is 0.311 e. The quantitative estimate of drug-likeness (QED) is 0.903. The van der Waals surface area contributed by atoms with Crippen molar-refractivity contribution in [3.8, 4) is 0 Å². The lowest BCUT2D eigenvalue weighted by Crippen LogP contribution is -2.48. The molecule has 0 aliphatic carbocycles. The molecule has 130 valence electrons. The highest BCUT2D eigenvalue weighted by molar-refractivity contribution is 5.76. The minimum Gasteiger partial charge on any atom is -0.481 e. The highest BCUT2D eigenvalue weighted by Crippen LogP contribution is 2.36. The summed E-state index contributed by atoms with van der Waals surface area (Å²) in [6.07, 6.45) is 7.75. The number of hydrogen-bond donors (Lipinski definition) is 1. The average Bonchev–Trinajstić information content (AvgIpc) is 2.63. The van der Waals surface area contributed by atoms with Gasteiger partial charge < -0.3 is 10.0 Å². The van der Waals surface area contributed by atoms with Crippen LogP contribution in [-0.2, 0) is 4.79 Å². The topological polar surface area (TPSA) is 66.3 Å². The summed E-state index contributed by atoms with van der Waals surface area (Å²) in [7, 11) is 0. The summed E-state index contributed by atoms with van der Waals surface area (Å²) in [5, 5.41) is 9.91. The molecular formula is C20H23N3O2. The second kappa shape index (κ2) is 7.47. The number of aliphatic carboxylic acids is 1. The summed E-state index contributed by atoms with van der Waals surface area (Å²) >= 11 is 0. The van der Waals surface area contributed by atoms with E-state index < -0.39 is 11.4 Å². The number of aryl methyl sites for hydroxylation is 1. The third-order valence-electron chi connectivity index (χ3n) is 4.73. The van der Waals surface area contributed by atoms with Gasteiger partial charge in [0, 0.05) is 19.3 Å². The number of nitrogens with zero attached hydrogens (tertiary/aromatic N) is 3. The standard InChI is InChI=1S/C20H23N3O2/c1-16-21-13-10-18(22-16)23-14-6-12-20(15-23,19(24)25)11-5-9-17-7-3-2-4-8-17/h2-5,7-10,13H,6,11-12,14-15H2,1H3,(H,24,25)/b9-5+/t20-/m0/s1. The van der Waals surface area contributed by atoms with E-state index in [4.69, 9.17) is 0 Å². The molecule has 1 aromatic carbocycles. The van der Waals surface area contributed by atoms with Gasteiger partial charge in [-0.1, -0.05) is 42.5 Å². The van der Waals surface area contributed by atoms with Gasteiger partial charge in [-0.05, 0) is 37.8 Å². The molecule has 1 saturated heterocycles. The van der Waals surface area contributed by atoms with Crippen molar-refractivity contribution in [3.05, 3.63) is 60.1 Å². The van der Waals surface area contributed by atoms with E-state index in [-0.39, 0.29) is 0 Å². The molecule has 5 heteroatoms. The largest absolute Gasteiger partial charge is 0.481 e. The fraction of sp³-hybridized carbons (Fsp3) is 0.350. The maximum Gasteiger partial charge on any atom is 0.311 e. The van der Waals surface area contributed by atoms with Crippen LogP contribution in [0.5, 0.6) is 0 Å². The number of carboxylic acids is 1. The van der Waals surface area contributed by atoms with Gasteiger partial charge in [-0.3, -0.25) is 4.79 Å². The number of carboxylic acid groups (broad SMARTS) is 1. The summed E-state index contributed by atoms with van der Waals surface area (Å²) in [4.78, 5) is 22.7. The van der Waals surface area contributed by atoms with E-state index in [2.05, 4.69) is 14.9 Å². The molecule has 1 aromatic heterocycles. The Morgan fingerprint density at radius 2 is 2.12 bits per heavy atom. The molecule has 0 bridgehead atoms. The van der Waals surface area contributed by atoms with Crippen LogP contribution in [0.2, 0.25) is 0 Å². The third-order valence-corrected chi connectivity index (χ3v) is 4.73. The number of allylic oxidation sites excluding steroid dienone is 1. The fourth-order valence-electron chi connectivity index (χ4n) is 3.36. The van der Waals surface area contributed by atoms with Crippen LogP contribution in [0.15, 0.2) is 48.7 Å². The normalized spacial score (nSPS) is 20.8. The van der Waals surface area contributed by atoms with Gasteiger partial charge in [-0.15, -0.1) is 0 Å². The van der Waals surface area contributed by atoms with Gasteiger partial charge >= 0.3 is 5.97 Å². The van der Waals surface area contributed by atoms with Crippen molar-refractivity contribution in [1.82, 2.24) is 9.97 Å². The van der Waals surface area contributed by atoms with E-state index in [1.807, 2.05) is 55.5 Å². The van der Waals surface area contributed by atoms with E-state index in [1.54, 1.807) is 6.20 Å². The Hall–Kier alpha value is -2.69. The number of rotatable bonds is 5. The maximum absolute atomic E-state index is 12.1. The molecule has 0 spiro atoms. The van der Waals surface area contributed by atoms with Gasteiger partial charge in [0.15, 0.2) is 0 Å². The van der Waals surface area contributed by atoms with Gasteiger partial charge in [-0.2, -0.15) is 0 Å². The molecule has 2 heterocycles. The lowest BCUT2D eigenvalue weighted by atomic mass is 9.77. The predicted octanol–water partition coefficient (Wildman–Crippen LogP) is 3.56. The zero-order valence-corrected chi connectivity index (χ0v) is 14.4. The van der Waals surface area contributed by atoms with E-state index in [1.165, 1.54) is 0 Å². The molecule has 1 atom stereocenters. The van der Waals surface area contributed by atoms with E-state index >= 15 is 0 Å². The Kier molecular flexibility index (Phi) is 5.12. The van der Waals surface area contributed by atoms with Crippen molar-refractivity contribution >= 4 is 17.9 Å². The number of anilines is 1. The van der Waals surface area contributed by atoms with Crippen LogP contribution in [0.3, 0.4) is 0 Å². The first-order valence-electron chi connectivity index (χ1n) is 8.59. The Morgan fingerprint density at radius 3 is 2.84 bits per heavy atom. The summed E-state index contributed by atoms with van der Waals surface area (Å²) < 4.78 is 0. The number of piperidine rings is 1. The molecule has 25 heavy (non-hydrogen) atoms. The van der Waals surface area contributed by atoms with Crippen molar-refractivity contribution in [1.29, 1.82) is 0 Å². The summed E-state index contributed by atoms with van der Waals surface area (Å²) in [5.74, 6) is 0.776. The third kappa shape index (κ3) is 4.05. The van der Waals surface area contributed by atoms with Crippen LogP contribution < -0.4 is 4.90 Å². The SMILES string of the molecule is Cc1nccc(N2CCC[C@](C/C=C/c3ccccc3)(C(=O)O)C2)n1. The number of aromatic nitrogens is 2. The van der Waals surface area contributed by atoms with Crippen LogP contribution in [0.4, 0.5) is 5.82 Å². The molecule has 2 aromatic rings. The zero-order chi connectivity index (χ0) is 17.7. The number of carbonyl (C=O) groups is 1. The minimum absolute atomic E-state index is 0.470. The predicted molar refractivity (Wildman–Crippen MR) is 98.4 cm³/mol. The Balaban J connectivity index is 1.77. The zero-order valence-electron chi connectivity index (χ0n) is 14.4. The summed E-state index contributed by atoms with van der Waals surface area (Å²) in [5.41, 5.74) is 0.310. The van der Waals surface area contributed by atoms with Crippen molar-refractivity contribution in [3.63, 3.8) is 0 Å². The monoisotopic (exact) mass is 337 g/mol. The van der Waals surface area contributed by atoms with Crippen molar-refractivity contribution in [2.24, 2.45) is 5.41 Å². The van der Waals surface area contributed by atoms with Crippen LogP contribution in [-0.4, -0.2) is 34.1 Å². The highest BCUT2D eigenvalue weighted by atomic mass is 16.4. The van der Waals surface area contributed by atoms with Crippen LogP contribution in [0, 0.1) is 12.3 Å². The Bertz CT molecular complexity index is 761. The molecule has 0 saturated carbocycles. The van der Waals surface area contributed by atoms with E-state index in [9.17, 15) is 9.90 Å². The maximum atomic E-state index is 12.1. The highest BCUT2D eigenvalue weighted by Gasteiger charge is 2.41. The minimum atomic E-state index is -0.775. The van der Waals surface area contributed by atoms with E-state index in [0.717, 1.165) is 24.3 Å². The van der Waals surface area contributed by atoms with Crippen LogP contribution in [0.25, 0.3) is 6.08 Å². The van der Waals surface area contributed by atoms with Gasteiger partial charge in [0.1, 0.15) is 11.6 Å². The molecule has 1 aliphatic heterocycles. The Labute approximate surface area is 148 Å². The first-order chi connectivity index (χ1) is 12.1. The summed E-state index contributed by atoms with van der Waals surface area (Å²) in [6.45, 7) is 3.15. The van der Waals surface area contributed by atoms with Crippen molar-refractivity contribution in [2.45, 2.75) is 26.2 Å². The molecule has 1 aliphatic rings. The Morgan fingerprint density at radius 1 is 1.32 bits per heavy atom. The molecule has 3 rings (SSSR count). The molecule has 0 unspecified atom stereocenters. The van der Waals surface area contributed by atoms with Gasteiger partial charge in [0.05, 0.1) is 5.41 Å². The lowest BCUT2D eigenvalue weighted by molar-refractivity contribution is -0.149. The molecule has 0 amide bonds. The van der Waals surface area contributed by atoms with Crippen LogP contribution in [0.1, 0.15) is 30.7 Å². The molecule has 0 radical (unpaired) electrons.